The Bertz CT molecular complexity index is 436. The van der Waals surface area contributed by atoms with Crippen molar-refractivity contribution in [2.24, 2.45) is 0 Å². The van der Waals surface area contributed by atoms with Gasteiger partial charge >= 0.3 is 12.6 Å². The molecule has 0 saturated carbocycles. The van der Waals surface area contributed by atoms with Gasteiger partial charge in [0.05, 0.1) is 12.2 Å². The summed E-state index contributed by atoms with van der Waals surface area (Å²) in [6.45, 7) is 0.724. The number of esters is 1. The van der Waals surface area contributed by atoms with Crippen molar-refractivity contribution in [2.45, 2.75) is 25.8 Å². The molecule has 18 heavy (non-hydrogen) atoms. The molecule has 0 aromatic heterocycles. The van der Waals surface area contributed by atoms with E-state index in [2.05, 4.69) is 20.7 Å². The molecule has 0 N–H and O–H groups in total. The van der Waals surface area contributed by atoms with Crippen LogP contribution in [0.3, 0.4) is 0 Å². The van der Waals surface area contributed by atoms with Gasteiger partial charge in [-0.05, 0) is 37.1 Å². The Kier molecular flexibility index (Phi) is 5.53. The zero-order valence-corrected chi connectivity index (χ0v) is 11.6. The predicted molar refractivity (Wildman–Crippen MR) is 66.4 cm³/mol. The minimum Gasteiger partial charge on any atom is -0.462 e. The van der Waals surface area contributed by atoms with Gasteiger partial charge in [-0.3, -0.25) is 0 Å². The summed E-state index contributed by atoms with van der Waals surface area (Å²) in [7, 11) is 0. The summed E-state index contributed by atoms with van der Waals surface area (Å²) >= 11 is 3.21. The fourth-order valence-corrected chi connectivity index (χ4v) is 2.04. The standard InChI is InChI=1S/C12H13BrF2O3/c1-3-17-11(16)10-7(2)4-9(18-12(14)15)5-8(10)6-13/h4-5,12H,3,6H2,1-2H3. The van der Waals surface area contributed by atoms with Gasteiger partial charge in [-0.25, -0.2) is 4.79 Å². The van der Waals surface area contributed by atoms with E-state index in [9.17, 15) is 13.6 Å². The second-order valence-corrected chi connectivity index (χ2v) is 4.07. The normalized spacial score (nSPS) is 10.6. The Morgan fingerprint density at radius 1 is 1.44 bits per heavy atom. The number of ether oxygens (including phenoxy) is 2. The third-order valence-electron chi connectivity index (χ3n) is 2.24. The van der Waals surface area contributed by atoms with Crippen LogP contribution in [0.2, 0.25) is 0 Å². The van der Waals surface area contributed by atoms with Crippen LogP contribution in [0.15, 0.2) is 12.1 Å². The van der Waals surface area contributed by atoms with Gasteiger partial charge in [-0.2, -0.15) is 8.78 Å². The number of halogens is 3. The maximum Gasteiger partial charge on any atom is 0.387 e. The molecule has 0 aliphatic carbocycles. The Morgan fingerprint density at radius 2 is 2.11 bits per heavy atom. The third kappa shape index (κ3) is 3.66. The van der Waals surface area contributed by atoms with Gasteiger partial charge in [0, 0.05) is 5.33 Å². The molecule has 0 bridgehead atoms. The molecule has 0 unspecified atom stereocenters. The number of aryl methyl sites for hydroxylation is 1. The monoisotopic (exact) mass is 322 g/mol. The first-order valence-electron chi connectivity index (χ1n) is 5.31. The lowest BCUT2D eigenvalue weighted by Gasteiger charge is -2.13. The smallest absolute Gasteiger partial charge is 0.387 e. The van der Waals surface area contributed by atoms with Crippen molar-refractivity contribution in [1.29, 1.82) is 0 Å². The highest BCUT2D eigenvalue weighted by molar-refractivity contribution is 9.08. The summed E-state index contributed by atoms with van der Waals surface area (Å²) in [6.07, 6.45) is 0. The molecule has 1 aromatic carbocycles. The summed E-state index contributed by atoms with van der Waals surface area (Å²) in [5.41, 5.74) is 1.49. The largest absolute Gasteiger partial charge is 0.462 e. The molecule has 100 valence electrons. The van der Waals surface area contributed by atoms with Crippen LogP contribution in [0.5, 0.6) is 5.75 Å². The van der Waals surface area contributed by atoms with E-state index in [1.165, 1.54) is 12.1 Å². The summed E-state index contributed by atoms with van der Waals surface area (Å²) in [5, 5.41) is 0.350. The highest BCUT2D eigenvalue weighted by Gasteiger charge is 2.17. The van der Waals surface area contributed by atoms with Crippen molar-refractivity contribution >= 4 is 21.9 Å². The summed E-state index contributed by atoms with van der Waals surface area (Å²) in [4.78, 5) is 11.7. The van der Waals surface area contributed by atoms with Gasteiger partial charge in [-0.15, -0.1) is 0 Å². The van der Waals surface area contributed by atoms with Crippen molar-refractivity contribution in [2.75, 3.05) is 6.61 Å². The van der Waals surface area contributed by atoms with Crippen LogP contribution < -0.4 is 4.74 Å². The molecule has 3 nitrogen and oxygen atoms in total. The van der Waals surface area contributed by atoms with E-state index in [1.54, 1.807) is 13.8 Å². The summed E-state index contributed by atoms with van der Waals surface area (Å²) < 4.78 is 33.5. The van der Waals surface area contributed by atoms with Crippen molar-refractivity contribution in [3.8, 4) is 5.75 Å². The van der Waals surface area contributed by atoms with Crippen LogP contribution in [0.1, 0.15) is 28.4 Å². The molecular formula is C12H13BrF2O3. The van der Waals surface area contributed by atoms with Gasteiger partial charge < -0.3 is 9.47 Å². The van der Waals surface area contributed by atoms with Crippen LogP contribution in [-0.2, 0) is 10.1 Å². The summed E-state index contributed by atoms with van der Waals surface area (Å²) in [6, 6.07) is 2.80. The molecule has 0 fully saturated rings. The molecular weight excluding hydrogens is 310 g/mol. The number of hydrogen-bond donors (Lipinski definition) is 0. The molecule has 0 amide bonds. The van der Waals surface area contributed by atoms with Gasteiger partial charge in [0.15, 0.2) is 0 Å². The third-order valence-corrected chi connectivity index (χ3v) is 2.84. The number of alkyl halides is 3. The second-order valence-electron chi connectivity index (χ2n) is 3.51. The van der Waals surface area contributed by atoms with Crippen LogP contribution in [0, 0.1) is 6.92 Å². The van der Waals surface area contributed by atoms with Crippen LogP contribution >= 0.6 is 15.9 Å². The lowest BCUT2D eigenvalue weighted by molar-refractivity contribution is -0.0498. The minimum absolute atomic E-state index is 0.0324. The molecule has 1 rings (SSSR count). The zero-order valence-electron chi connectivity index (χ0n) is 10.0. The highest BCUT2D eigenvalue weighted by atomic mass is 79.9. The molecule has 0 radical (unpaired) electrons. The number of carbonyl (C=O) groups is 1. The molecule has 0 atom stereocenters. The first-order chi connectivity index (χ1) is 8.49. The van der Waals surface area contributed by atoms with Crippen LogP contribution in [0.4, 0.5) is 8.78 Å². The van der Waals surface area contributed by atoms with E-state index < -0.39 is 12.6 Å². The number of benzene rings is 1. The van der Waals surface area contributed by atoms with Gasteiger partial charge in [0.1, 0.15) is 5.75 Å². The summed E-state index contributed by atoms with van der Waals surface area (Å²) in [5.74, 6) is -0.432. The second kappa shape index (κ2) is 6.68. The highest BCUT2D eigenvalue weighted by Crippen LogP contribution is 2.26. The molecule has 0 aliphatic rings. The van der Waals surface area contributed by atoms with E-state index in [0.29, 0.717) is 22.0 Å². The Hall–Kier alpha value is -1.17. The number of rotatable bonds is 5. The van der Waals surface area contributed by atoms with Crippen molar-refractivity contribution < 1.29 is 23.0 Å². The van der Waals surface area contributed by atoms with Gasteiger partial charge in [-0.1, -0.05) is 15.9 Å². The SMILES string of the molecule is CCOC(=O)c1c(C)cc(OC(F)F)cc1CBr. The van der Waals surface area contributed by atoms with E-state index in [4.69, 9.17) is 4.74 Å². The quantitative estimate of drug-likeness (QED) is 0.613. The zero-order chi connectivity index (χ0) is 13.7. The van der Waals surface area contributed by atoms with E-state index in [-0.39, 0.29) is 12.4 Å². The molecule has 0 heterocycles. The van der Waals surface area contributed by atoms with Crippen LogP contribution in [-0.4, -0.2) is 19.2 Å². The van der Waals surface area contributed by atoms with Gasteiger partial charge in [0.25, 0.3) is 0 Å². The van der Waals surface area contributed by atoms with E-state index in [0.717, 1.165) is 0 Å². The average molecular weight is 323 g/mol. The first kappa shape index (κ1) is 14.9. The maximum absolute atomic E-state index is 12.1. The van der Waals surface area contributed by atoms with Crippen molar-refractivity contribution in [3.63, 3.8) is 0 Å². The predicted octanol–water partition coefficient (Wildman–Crippen LogP) is 3.67. The van der Waals surface area contributed by atoms with Gasteiger partial charge in [0.2, 0.25) is 0 Å². The number of carbonyl (C=O) groups excluding carboxylic acids is 1. The molecule has 1 aromatic rings. The molecule has 0 saturated heterocycles. The lowest BCUT2D eigenvalue weighted by Crippen LogP contribution is -2.11. The van der Waals surface area contributed by atoms with E-state index >= 15 is 0 Å². The minimum atomic E-state index is -2.89. The topological polar surface area (TPSA) is 35.5 Å². The van der Waals surface area contributed by atoms with Crippen molar-refractivity contribution in [1.82, 2.24) is 0 Å². The number of hydrogen-bond acceptors (Lipinski definition) is 3. The molecule has 0 spiro atoms. The van der Waals surface area contributed by atoms with E-state index in [1.807, 2.05) is 0 Å². The fourth-order valence-electron chi connectivity index (χ4n) is 1.60. The Balaban J connectivity index is 3.15. The average Bonchev–Trinajstić information content (AvgIpc) is 2.27. The Labute approximate surface area is 112 Å². The maximum atomic E-state index is 12.1. The molecule has 0 aliphatic heterocycles. The first-order valence-corrected chi connectivity index (χ1v) is 6.43. The lowest BCUT2D eigenvalue weighted by atomic mass is 10.0. The van der Waals surface area contributed by atoms with Crippen molar-refractivity contribution in [3.05, 3.63) is 28.8 Å². The molecule has 6 heteroatoms. The Morgan fingerprint density at radius 3 is 2.61 bits per heavy atom. The van der Waals surface area contributed by atoms with Crippen LogP contribution in [0.25, 0.3) is 0 Å². The fraction of sp³-hybridized carbons (Fsp3) is 0.417.